The van der Waals surface area contributed by atoms with E-state index in [4.69, 9.17) is 16.3 Å². The van der Waals surface area contributed by atoms with Crippen LogP contribution in [0.2, 0.25) is 0 Å². The molecule has 0 aliphatic heterocycles. The van der Waals surface area contributed by atoms with E-state index in [1.54, 1.807) is 7.11 Å². The fourth-order valence-corrected chi connectivity index (χ4v) is 1.24. The van der Waals surface area contributed by atoms with E-state index in [-0.39, 0.29) is 0 Å². The van der Waals surface area contributed by atoms with Gasteiger partial charge < -0.3 is 4.74 Å². The maximum atomic E-state index is 5.71. The van der Waals surface area contributed by atoms with Crippen molar-refractivity contribution in [3.8, 4) is 0 Å². The van der Waals surface area contributed by atoms with Crippen molar-refractivity contribution in [1.29, 1.82) is 0 Å². The first-order valence-electron chi connectivity index (χ1n) is 3.50. The SMILES string of the molecule is COCc1ccccc1CCl. The topological polar surface area (TPSA) is 9.23 Å². The molecule has 0 aromatic heterocycles. The highest BCUT2D eigenvalue weighted by atomic mass is 35.5. The molecule has 1 rings (SSSR count). The van der Waals surface area contributed by atoms with E-state index in [0.717, 1.165) is 5.56 Å². The van der Waals surface area contributed by atoms with Crippen LogP contribution in [-0.2, 0) is 17.2 Å². The number of alkyl halides is 1. The van der Waals surface area contributed by atoms with Crippen LogP contribution in [0, 0.1) is 0 Å². The third-order valence-electron chi connectivity index (χ3n) is 1.56. The molecule has 0 aliphatic carbocycles. The monoisotopic (exact) mass is 170 g/mol. The maximum absolute atomic E-state index is 5.71. The number of rotatable bonds is 3. The summed E-state index contributed by atoms with van der Waals surface area (Å²) in [4.78, 5) is 0. The summed E-state index contributed by atoms with van der Waals surface area (Å²) in [5.74, 6) is 0.555. The molecule has 60 valence electrons. The molecule has 11 heavy (non-hydrogen) atoms. The molecule has 0 saturated heterocycles. The van der Waals surface area contributed by atoms with E-state index >= 15 is 0 Å². The molecule has 0 atom stereocenters. The molecule has 0 unspecified atom stereocenters. The number of halogens is 1. The largest absolute Gasteiger partial charge is 0.380 e. The summed E-state index contributed by atoms with van der Waals surface area (Å²) in [5.41, 5.74) is 2.32. The summed E-state index contributed by atoms with van der Waals surface area (Å²) in [6.45, 7) is 0.642. The molecule has 0 saturated carbocycles. The van der Waals surface area contributed by atoms with Crippen molar-refractivity contribution in [2.45, 2.75) is 12.5 Å². The fraction of sp³-hybridized carbons (Fsp3) is 0.333. The van der Waals surface area contributed by atoms with Crippen LogP contribution in [0.3, 0.4) is 0 Å². The van der Waals surface area contributed by atoms with Gasteiger partial charge in [-0.15, -0.1) is 11.6 Å². The lowest BCUT2D eigenvalue weighted by Gasteiger charge is -2.03. The van der Waals surface area contributed by atoms with E-state index < -0.39 is 0 Å². The first-order chi connectivity index (χ1) is 5.38. The van der Waals surface area contributed by atoms with Gasteiger partial charge in [0.15, 0.2) is 0 Å². The second-order valence-electron chi connectivity index (χ2n) is 2.34. The van der Waals surface area contributed by atoms with Gasteiger partial charge in [-0.1, -0.05) is 24.3 Å². The summed E-state index contributed by atoms with van der Waals surface area (Å²) in [5, 5.41) is 0. The van der Waals surface area contributed by atoms with E-state index in [0.29, 0.717) is 12.5 Å². The zero-order valence-corrected chi connectivity index (χ0v) is 7.27. The van der Waals surface area contributed by atoms with Gasteiger partial charge in [-0.05, 0) is 11.1 Å². The minimum Gasteiger partial charge on any atom is -0.380 e. The highest BCUT2D eigenvalue weighted by Gasteiger charge is 1.97. The van der Waals surface area contributed by atoms with Crippen molar-refractivity contribution < 1.29 is 4.74 Å². The molecule has 1 nitrogen and oxygen atoms in total. The third kappa shape index (κ3) is 2.21. The normalized spacial score (nSPS) is 10.0. The molecule has 0 N–H and O–H groups in total. The van der Waals surface area contributed by atoms with Crippen LogP contribution < -0.4 is 0 Å². The summed E-state index contributed by atoms with van der Waals surface area (Å²) >= 11 is 5.71. The van der Waals surface area contributed by atoms with Crippen LogP contribution in [0.25, 0.3) is 0 Å². The highest BCUT2D eigenvalue weighted by molar-refractivity contribution is 6.17. The Hall–Kier alpha value is -0.530. The van der Waals surface area contributed by atoms with Crippen LogP contribution in [0.15, 0.2) is 24.3 Å². The Labute approximate surface area is 71.9 Å². The standard InChI is InChI=1S/C9H11ClO/c1-11-7-9-5-3-2-4-8(9)6-10/h2-5H,6-7H2,1H3. The van der Waals surface area contributed by atoms with Gasteiger partial charge in [-0.3, -0.25) is 0 Å². The van der Waals surface area contributed by atoms with Gasteiger partial charge in [0.25, 0.3) is 0 Å². The van der Waals surface area contributed by atoms with Gasteiger partial charge in [0.05, 0.1) is 6.61 Å². The van der Waals surface area contributed by atoms with E-state index in [9.17, 15) is 0 Å². The minimum atomic E-state index is 0.555. The molecule has 0 amide bonds. The van der Waals surface area contributed by atoms with Crippen molar-refractivity contribution in [2.24, 2.45) is 0 Å². The lowest BCUT2D eigenvalue weighted by atomic mass is 10.1. The highest BCUT2D eigenvalue weighted by Crippen LogP contribution is 2.11. The Morgan fingerprint density at radius 2 is 1.91 bits per heavy atom. The van der Waals surface area contributed by atoms with Crippen molar-refractivity contribution in [2.75, 3.05) is 7.11 Å². The van der Waals surface area contributed by atoms with Gasteiger partial charge in [0.2, 0.25) is 0 Å². The third-order valence-corrected chi connectivity index (χ3v) is 1.85. The van der Waals surface area contributed by atoms with Gasteiger partial charge in [-0.2, -0.15) is 0 Å². The number of hydrogen-bond acceptors (Lipinski definition) is 1. The molecule has 0 bridgehead atoms. The van der Waals surface area contributed by atoms with Crippen LogP contribution in [-0.4, -0.2) is 7.11 Å². The molecule has 1 aromatic carbocycles. The van der Waals surface area contributed by atoms with Crippen molar-refractivity contribution in [3.05, 3.63) is 35.4 Å². The van der Waals surface area contributed by atoms with E-state index in [1.807, 2.05) is 24.3 Å². The average Bonchev–Trinajstić information content (AvgIpc) is 2.06. The molecular formula is C9H11ClO. The predicted molar refractivity (Wildman–Crippen MR) is 46.7 cm³/mol. The zero-order chi connectivity index (χ0) is 8.10. The molecular weight excluding hydrogens is 160 g/mol. The number of benzene rings is 1. The van der Waals surface area contributed by atoms with Crippen LogP contribution in [0.1, 0.15) is 11.1 Å². The van der Waals surface area contributed by atoms with E-state index in [1.165, 1.54) is 5.56 Å². The molecule has 1 aromatic rings. The zero-order valence-electron chi connectivity index (χ0n) is 6.51. The second kappa shape index (κ2) is 4.37. The Morgan fingerprint density at radius 1 is 1.27 bits per heavy atom. The van der Waals surface area contributed by atoms with Crippen molar-refractivity contribution in [3.63, 3.8) is 0 Å². The summed E-state index contributed by atoms with van der Waals surface area (Å²) in [6, 6.07) is 8.02. The Morgan fingerprint density at radius 3 is 2.45 bits per heavy atom. The fourth-order valence-electron chi connectivity index (χ4n) is 0.984. The molecule has 0 heterocycles. The van der Waals surface area contributed by atoms with Gasteiger partial charge in [0.1, 0.15) is 0 Å². The van der Waals surface area contributed by atoms with Crippen molar-refractivity contribution in [1.82, 2.24) is 0 Å². The lowest BCUT2D eigenvalue weighted by Crippen LogP contribution is -1.92. The number of hydrogen-bond donors (Lipinski definition) is 0. The Kier molecular flexibility index (Phi) is 3.40. The summed E-state index contributed by atoms with van der Waals surface area (Å²) in [7, 11) is 1.69. The maximum Gasteiger partial charge on any atom is 0.0716 e. The quantitative estimate of drug-likeness (QED) is 0.634. The second-order valence-corrected chi connectivity index (χ2v) is 2.60. The van der Waals surface area contributed by atoms with Crippen LogP contribution in [0.5, 0.6) is 0 Å². The van der Waals surface area contributed by atoms with Gasteiger partial charge >= 0.3 is 0 Å². The average molecular weight is 171 g/mol. The molecule has 2 heteroatoms. The predicted octanol–water partition coefficient (Wildman–Crippen LogP) is 2.57. The van der Waals surface area contributed by atoms with Crippen LogP contribution in [0.4, 0.5) is 0 Å². The van der Waals surface area contributed by atoms with Gasteiger partial charge in [-0.25, -0.2) is 0 Å². The molecule has 0 aliphatic rings. The van der Waals surface area contributed by atoms with Gasteiger partial charge in [0, 0.05) is 13.0 Å². The molecule has 0 fully saturated rings. The van der Waals surface area contributed by atoms with Crippen LogP contribution >= 0.6 is 11.6 Å². The van der Waals surface area contributed by atoms with E-state index in [2.05, 4.69) is 0 Å². The first kappa shape index (κ1) is 8.57. The smallest absolute Gasteiger partial charge is 0.0716 e. The lowest BCUT2D eigenvalue weighted by molar-refractivity contribution is 0.184. The Bertz CT molecular complexity index is 223. The van der Waals surface area contributed by atoms with Crippen molar-refractivity contribution >= 4 is 11.6 Å². The summed E-state index contributed by atoms with van der Waals surface area (Å²) in [6.07, 6.45) is 0. The first-order valence-corrected chi connectivity index (χ1v) is 4.03. The number of methoxy groups -OCH3 is 1. The number of ether oxygens (including phenoxy) is 1. The minimum absolute atomic E-state index is 0.555. The molecule has 0 spiro atoms. The summed E-state index contributed by atoms with van der Waals surface area (Å²) < 4.78 is 5.01. The Balaban J connectivity index is 2.83. The molecule has 0 radical (unpaired) electrons.